The first-order valence-corrected chi connectivity index (χ1v) is 10.1. The lowest BCUT2D eigenvalue weighted by Gasteiger charge is -2.44. The molecule has 1 saturated carbocycles. The topological polar surface area (TPSA) is 56.7 Å². The maximum atomic E-state index is 13.8. The molecular formula is C19H30FN3OS. The van der Waals surface area contributed by atoms with Gasteiger partial charge in [-0.25, -0.2) is 4.39 Å². The fourth-order valence-electron chi connectivity index (χ4n) is 2.92. The molecule has 3 unspecified atom stereocenters. The van der Waals surface area contributed by atoms with Crippen molar-refractivity contribution in [2.75, 3.05) is 18.8 Å². The van der Waals surface area contributed by atoms with Crippen LogP contribution in [-0.2, 0) is 0 Å². The number of aliphatic hydroxyl groups is 1. The number of guanidine groups is 1. The van der Waals surface area contributed by atoms with Crippen molar-refractivity contribution in [3.63, 3.8) is 0 Å². The van der Waals surface area contributed by atoms with E-state index >= 15 is 0 Å². The Morgan fingerprint density at radius 3 is 2.80 bits per heavy atom. The molecule has 0 radical (unpaired) electrons. The van der Waals surface area contributed by atoms with E-state index in [4.69, 9.17) is 0 Å². The van der Waals surface area contributed by atoms with Gasteiger partial charge in [0.25, 0.3) is 0 Å². The zero-order chi connectivity index (χ0) is 18.4. The van der Waals surface area contributed by atoms with E-state index < -0.39 is 5.60 Å². The van der Waals surface area contributed by atoms with Crippen LogP contribution in [0.15, 0.2) is 23.2 Å². The molecule has 1 aliphatic rings. The van der Waals surface area contributed by atoms with Gasteiger partial charge in [0.1, 0.15) is 5.82 Å². The summed E-state index contributed by atoms with van der Waals surface area (Å²) >= 11 is 1.80. The molecule has 25 heavy (non-hydrogen) atoms. The summed E-state index contributed by atoms with van der Waals surface area (Å²) in [6, 6.07) is 5.19. The zero-order valence-corrected chi connectivity index (χ0v) is 16.4. The Labute approximate surface area is 154 Å². The molecule has 0 heterocycles. The summed E-state index contributed by atoms with van der Waals surface area (Å²) in [7, 11) is 0. The number of rotatable bonds is 7. The van der Waals surface area contributed by atoms with E-state index in [9.17, 15) is 9.50 Å². The summed E-state index contributed by atoms with van der Waals surface area (Å²) in [6.07, 6.45) is 1.85. The second-order valence-electron chi connectivity index (χ2n) is 6.66. The molecule has 1 aliphatic carbocycles. The number of nitrogens with one attached hydrogen (secondary N) is 2. The van der Waals surface area contributed by atoms with E-state index in [1.165, 1.54) is 0 Å². The zero-order valence-electron chi connectivity index (χ0n) is 15.6. The standard InChI is InChI=1S/C19H30FN3OS/c1-5-21-18(22-12-19(24)10-9-17(19)25-6-2)23-14(4)15-8-7-13(3)16(20)11-15/h7-8,11,14,17,24H,5-6,9-10,12H2,1-4H3,(H2,21,22,23). The van der Waals surface area contributed by atoms with Gasteiger partial charge in [-0.05, 0) is 56.6 Å². The summed E-state index contributed by atoms with van der Waals surface area (Å²) in [5, 5.41) is 17.5. The average molecular weight is 368 g/mol. The van der Waals surface area contributed by atoms with Gasteiger partial charge in [-0.2, -0.15) is 11.8 Å². The first-order chi connectivity index (χ1) is 11.9. The molecule has 4 nitrogen and oxygen atoms in total. The van der Waals surface area contributed by atoms with E-state index in [1.807, 2.05) is 19.9 Å². The molecule has 0 amide bonds. The molecular weight excluding hydrogens is 337 g/mol. The third kappa shape index (κ3) is 5.11. The monoisotopic (exact) mass is 367 g/mol. The summed E-state index contributed by atoms with van der Waals surface area (Å²) in [5.74, 6) is 1.46. The minimum absolute atomic E-state index is 0.0789. The van der Waals surface area contributed by atoms with Crippen molar-refractivity contribution in [3.05, 3.63) is 35.1 Å². The Morgan fingerprint density at radius 2 is 2.24 bits per heavy atom. The molecule has 0 saturated heterocycles. The third-order valence-corrected chi connectivity index (χ3v) is 6.12. The maximum Gasteiger partial charge on any atom is 0.191 e. The first-order valence-electron chi connectivity index (χ1n) is 9.04. The van der Waals surface area contributed by atoms with E-state index in [0.717, 1.165) is 30.7 Å². The summed E-state index contributed by atoms with van der Waals surface area (Å²) in [5.41, 5.74) is 0.807. The number of halogens is 1. The number of benzene rings is 1. The molecule has 1 aromatic rings. The van der Waals surface area contributed by atoms with E-state index in [-0.39, 0.29) is 17.1 Å². The van der Waals surface area contributed by atoms with Gasteiger partial charge >= 0.3 is 0 Å². The molecule has 0 aromatic heterocycles. The number of aryl methyl sites for hydroxylation is 1. The molecule has 1 aromatic carbocycles. The van der Waals surface area contributed by atoms with Gasteiger partial charge in [0.2, 0.25) is 0 Å². The SMILES string of the molecule is CCNC(=NCC1(O)CCC1SCC)NC(C)c1ccc(C)c(F)c1. The molecule has 0 spiro atoms. The summed E-state index contributed by atoms with van der Waals surface area (Å²) in [4.78, 5) is 4.58. The quantitative estimate of drug-likeness (QED) is 0.511. The highest BCUT2D eigenvalue weighted by molar-refractivity contribution is 8.00. The van der Waals surface area contributed by atoms with Crippen LogP contribution in [0.2, 0.25) is 0 Å². The highest BCUT2D eigenvalue weighted by Crippen LogP contribution is 2.41. The van der Waals surface area contributed by atoms with Crippen molar-refractivity contribution in [2.45, 2.75) is 57.4 Å². The maximum absolute atomic E-state index is 13.8. The molecule has 3 atom stereocenters. The van der Waals surface area contributed by atoms with Crippen LogP contribution in [0.1, 0.15) is 50.8 Å². The van der Waals surface area contributed by atoms with Crippen LogP contribution in [0.3, 0.4) is 0 Å². The molecule has 2 rings (SSSR count). The predicted molar refractivity (Wildman–Crippen MR) is 105 cm³/mol. The Bertz CT molecular complexity index is 610. The number of hydrogen-bond donors (Lipinski definition) is 3. The molecule has 0 aliphatic heterocycles. The van der Waals surface area contributed by atoms with Crippen molar-refractivity contribution in [1.29, 1.82) is 0 Å². The van der Waals surface area contributed by atoms with Gasteiger partial charge in [0, 0.05) is 11.8 Å². The van der Waals surface area contributed by atoms with Crippen LogP contribution in [0, 0.1) is 12.7 Å². The average Bonchev–Trinajstić information content (AvgIpc) is 2.58. The van der Waals surface area contributed by atoms with Crippen LogP contribution >= 0.6 is 11.8 Å². The summed E-state index contributed by atoms with van der Waals surface area (Å²) < 4.78 is 13.8. The molecule has 0 bridgehead atoms. The van der Waals surface area contributed by atoms with Crippen LogP contribution < -0.4 is 10.6 Å². The van der Waals surface area contributed by atoms with Gasteiger partial charge < -0.3 is 15.7 Å². The van der Waals surface area contributed by atoms with Crippen LogP contribution in [0.5, 0.6) is 0 Å². The highest BCUT2D eigenvalue weighted by Gasteiger charge is 2.45. The molecule has 1 fully saturated rings. The molecule has 140 valence electrons. The number of nitrogens with zero attached hydrogens (tertiary/aromatic N) is 1. The van der Waals surface area contributed by atoms with Crippen molar-refractivity contribution < 1.29 is 9.50 Å². The minimum Gasteiger partial charge on any atom is -0.387 e. The van der Waals surface area contributed by atoms with Gasteiger partial charge in [-0.1, -0.05) is 19.1 Å². The number of hydrogen-bond acceptors (Lipinski definition) is 3. The summed E-state index contributed by atoms with van der Waals surface area (Å²) in [6.45, 7) is 8.96. The minimum atomic E-state index is -0.706. The van der Waals surface area contributed by atoms with Crippen LogP contribution in [-0.4, -0.2) is 40.8 Å². The lowest BCUT2D eigenvalue weighted by atomic mass is 9.79. The van der Waals surface area contributed by atoms with E-state index in [1.54, 1.807) is 30.8 Å². The smallest absolute Gasteiger partial charge is 0.191 e. The predicted octanol–water partition coefficient (Wildman–Crippen LogP) is 3.40. The van der Waals surface area contributed by atoms with Crippen LogP contribution in [0.25, 0.3) is 0 Å². The number of thioether (sulfide) groups is 1. The second kappa shape index (κ2) is 8.90. The highest BCUT2D eigenvalue weighted by atomic mass is 32.2. The fourth-order valence-corrected chi connectivity index (χ4v) is 4.11. The second-order valence-corrected chi connectivity index (χ2v) is 8.14. The largest absolute Gasteiger partial charge is 0.387 e. The third-order valence-electron chi connectivity index (χ3n) is 4.71. The van der Waals surface area contributed by atoms with Crippen LogP contribution in [0.4, 0.5) is 4.39 Å². The van der Waals surface area contributed by atoms with Gasteiger partial charge in [0.05, 0.1) is 18.2 Å². The Kier molecular flexibility index (Phi) is 7.14. The fraction of sp³-hybridized carbons (Fsp3) is 0.632. The first kappa shape index (κ1) is 20.0. The van der Waals surface area contributed by atoms with E-state index in [0.29, 0.717) is 18.1 Å². The van der Waals surface area contributed by atoms with Crippen molar-refractivity contribution >= 4 is 17.7 Å². The Balaban J connectivity index is 2.03. The van der Waals surface area contributed by atoms with Crippen molar-refractivity contribution in [1.82, 2.24) is 10.6 Å². The lowest BCUT2D eigenvalue weighted by molar-refractivity contribution is -0.0154. The molecule has 3 N–H and O–H groups in total. The lowest BCUT2D eigenvalue weighted by Crippen LogP contribution is -2.53. The van der Waals surface area contributed by atoms with E-state index in [2.05, 4.69) is 22.5 Å². The number of aliphatic imine (C=N–C) groups is 1. The molecule has 6 heteroatoms. The normalized spacial score (nSPS) is 24.6. The van der Waals surface area contributed by atoms with Gasteiger partial charge in [-0.15, -0.1) is 0 Å². The Hall–Kier alpha value is -1.27. The van der Waals surface area contributed by atoms with Crippen molar-refractivity contribution in [2.24, 2.45) is 4.99 Å². The van der Waals surface area contributed by atoms with Gasteiger partial charge in [-0.3, -0.25) is 4.99 Å². The van der Waals surface area contributed by atoms with Crippen molar-refractivity contribution in [3.8, 4) is 0 Å². The van der Waals surface area contributed by atoms with Gasteiger partial charge in [0.15, 0.2) is 5.96 Å². The Morgan fingerprint density at radius 1 is 1.48 bits per heavy atom.